The molecule has 1 aromatic heterocycles. The van der Waals surface area contributed by atoms with Gasteiger partial charge in [-0.3, -0.25) is 4.57 Å². The topological polar surface area (TPSA) is 60.3 Å². The summed E-state index contributed by atoms with van der Waals surface area (Å²) in [5, 5.41) is 7.61. The molecule has 1 fully saturated rings. The number of aromatic nitrogens is 3. The van der Waals surface area contributed by atoms with Crippen LogP contribution >= 0.6 is 0 Å². The molecule has 2 heterocycles. The van der Waals surface area contributed by atoms with Gasteiger partial charge in [-0.15, -0.1) is 10.2 Å². The average Bonchev–Trinajstić information content (AvgIpc) is 3.08. The molecule has 0 radical (unpaired) electrons. The molecule has 0 saturated carbocycles. The number of nitrogens with zero attached hydrogens (tertiary/aromatic N) is 4. The summed E-state index contributed by atoms with van der Waals surface area (Å²) in [6, 6.07) is 6.24. The fourth-order valence-corrected chi connectivity index (χ4v) is 3.00. The van der Waals surface area contributed by atoms with E-state index in [-0.39, 0.29) is 5.97 Å². The maximum absolute atomic E-state index is 12.2. The van der Waals surface area contributed by atoms with Crippen molar-refractivity contribution in [1.29, 1.82) is 0 Å². The minimum absolute atomic E-state index is 0.317. The molecule has 0 N–H and O–H groups in total. The normalized spacial score (nSPS) is 18.3. The Kier molecular flexibility index (Phi) is 4.09. The Labute approximate surface area is 129 Å². The molecule has 0 bridgehead atoms. The maximum atomic E-state index is 12.2. The summed E-state index contributed by atoms with van der Waals surface area (Å²) in [5.41, 5.74) is 2.37. The zero-order valence-corrected chi connectivity index (χ0v) is 12.9. The van der Waals surface area contributed by atoms with Crippen molar-refractivity contribution in [1.82, 2.24) is 14.8 Å². The third kappa shape index (κ3) is 2.68. The first-order valence-electron chi connectivity index (χ1n) is 7.54. The molecule has 3 rings (SSSR count). The Balaban J connectivity index is 2.03. The third-order valence-electron chi connectivity index (χ3n) is 4.21. The van der Waals surface area contributed by atoms with Gasteiger partial charge in [0, 0.05) is 18.3 Å². The van der Waals surface area contributed by atoms with Crippen LogP contribution in [0.25, 0.3) is 5.69 Å². The van der Waals surface area contributed by atoms with Crippen LogP contribution in [-0.4, -0.2) is 40.4 Å². The lowest BCUT2D eigenvalue weighted by Crippen LogP contribution is -2.38. The monoisotopic (exact) mass is 300 g/mol. The lowest BCUT2D eigenvalue weighted by molar-refractivity contribution is 0.0601. The number of piperidine rings is 1. The number of esters is 1. The van der Waals surface area contributed by atoms with E-state index in [1.165, 1.54) is 13.5 Å². The van der Waals surface area contributed by atoms with E-state index >= 15 is 0 Å². The highest BCUT2D eigenvalue weighted by atomic mass is 16.5. The summed E-state index contributed by atoms with van der Waals surface area (Å²) in [7, 11) is 1.41. The summed E-state index contributed by atoms with van der Waals surface area (Å²) < 4.78 is 6.74. The molecule has 1 aliphatic heterocycles. The highest BCUT2D eigenvalue weighted by Gasteiger charge is 2.24. The van der Waals surface area contributed by atoms with Gasteiger partial charge in [-0.1, -0.05) is 0 Å². The van der Waals surface area contributed by atoms with Gasteiger partial charge in [0.25, 0.3) is 0 Å². The highest BCUT2D eigenvalue weighted by Crippen LogP contribution is 2.30. The average molecular weight is 300 g/mol. The van der Waals surface area contributed by atoms with E-state index in [1.54, 1.807) is 17.2 Å². The number of hydrogen-bond donors (Lipinski definition) is 0. The van der Waals surface area contributed by atoms with Gasteiger partial charge in [0.15, 0.2) is 0 Å². The van der Waals surface area contributed by atoms with Gasteiger partial charge >= 0.3 is 5.97 Å². The lowest BCUT2D eigenvalue weighted by Gasteiger charge is -2.36. The van der Waals surface area contributed by atoms with Gasteiger partial charge in [-0.05, 0) is 44.4 Å². The van der Waals surface area contributed by atoms with E-state index in [4.69, 9.17) is 4.74 Å². The first kappa shape index (κ1) is 14.6. The molecule has 1 saturated heterocycles. The Morgan fingerprint density at radius 3 is 2.73 bits per heavy atom. The zero-order chi connectivity index (χ0) is 15.5. The second-order valence-electron chi connectivity index (χ2n) is 5.60. The molecule has 1 aromatic carbocycles. The quantitative estimate of drug-likeness (QED) is 0.815. The van der Waals surface area contributed by atoms with Crippen LogP contribution in [0.15, 0.2) is 30.9 Å². The van der Waals surface area contributed by atoms with Gasteiger partial charge in [-0.25, -0.2) is 4.79 Å². The minimum atomic E-state index is -0.317. The predicted molar refractivity (Wildman–Crippen MR) is 83.4 cm³/mol. The fraction of sp³-hybridized carbons (Fsp3) is 0.438. The molecule has 116 valence electrons. The van der Waals surface area contributed by atoms with Crippen LogP contribution in [-0.2, 0) is 4.74 Å². The number of anilines is 1. The minimum Gasteiger partial charge on any atom is -0.465 e. The van der Waals surface area contributed by atoms with E-state index in [0.717, 1.165) is 30.8 Å². The van der Waals surface area contributed by atoms with Gasteiger partial charge in [-0.2, -0.15) is 0 Å². The number of rotatable bonds is 3. The Hall–Kier alpha value is -2.37. The van der Waals surface area contributed by atoms with Crippen molar-refractivity contribution in [2.45, 2.75) is 32.2 Å². The smallest absolute Gasteiger partial charge is 0.340 e. The summed E-state index contributed by atoms with van der Waals surface area (Å²) in [5.74, 6) is -0.317. The van der Waals surface area contributed by atoms with E-state index in [0.29, 0.717) is 11.6 Å². The third-order valence-corrected chi connectivity index (χ3v) is 4.21. The van der Waals surface area contributed by atoms with E-state index in [1.807, 2.05) is 18.2 Å². The molecule has 22 heavy (non-hydrogen) atoms. The van der Waals surface area contributed by atoms with E-state index in [2.05, 4.69) is 22.0 Å². The SMILES string of the molecule is COC(=O)c1cc(-n2cnnc2)ccc1N1CCCC[C@H]1C. The van der Waals surface area contributed by atoms with Crippen molar-refractivity contribution >= 4 is 11.7 Å². The molecular weight excluding hydrogens is 280 g/mol. The molecule has 0 spiro atoms. The van der Waals surface area contributed by atoms with Crippen LogP contribution in [0.5, 0.6) is 0 Å². The van der Waals surface area contributed by atoms with Crippen molar-refractivity contribution in [3.63, 3.8) is 0 Å². The van der Waals surface area contributed by atoms with Gasteiger partial charge < -0.3 is 9.64 Å². The van der Waals surface area contributed by atoms with Crippen molar-refractivity contribution in [3.05, 3.63) is 36.4 Å². The van der Waals surface area contributed by atoms with Crippen molar-refractivity contribution in [2.24, 2.45) is 0 Å². The van der Waals surface area contributed by atoms with Gasteiger partial charge in [0.05, 0.1) is 18.4 Å². The first-order valence-corrected chi connectivity index (χ1v) is 7.54. The van der Waals surface area contributed by atoms with E-state index < -0.39 is 0 Å². The van der Waals surface area contributed by atoms with Crippen LogP contribution in [0.4, 0.5) is 5.69 Å². The fourth-order valence-electron chi connectivity index (χ4n) is 3.00. The predicted octanol–water partition coefficient (Wildman–Crippen LogP) is 2.43. The van der Waals surface area contributed by atoms with Crippen LogP contribution in [0.1, 0.15) is 36.5 Å². The number of carbonyl (C=O) groups is 1. The number of carbonyl (C=O) groups excluding carboxylic acids is 1. The summed E-state index contributed by atoms with van der Waals surface area (Å²) >= 11 is 0. The molecule has 6 nitrogen and oxygen atoms in total. The summed E-state index contributed by atoms with van der Waals surface area (Å²) in [6.07, 6.45) is 6.76. The molecule has 0 aliphatic carbocycles. The number of methoxy groups -OCH3 is 1. The number of ether oxygens (including phenoxy) is 1. The Morgan fingerprint density at radius 2 is 2.05 bits per heavy atom. The maximum Gasteiger partial charge on any atom is 0.340 e. The summed E-state index contributed by atoms with van der Waals surface area (Å²) in [6.45, 7) is 3.17. The molecule has 0 unspecified atom stereocenters. The second kappa shape index (κ2) is 6.17. The standard InChI is InChI=1S/C16H20N4O2/c1-12-5-3-4-8-20(12)15-7-6-13(19-10-17-18-11-19)9-14(15)16(21)22-2/h6-7,9-12H,3-5,8H2,1-2H3/t12-/m1/s1. The van der Waals surface area contributed by atoms with Crippen LogP contribution in [0.2, 0.25) is 0 Å². The van der Waals surface area contributed by atoms with Gasteiger partial charge in [0.2, 0.25) is 0 Å². The Morgan fingerprint density at radius 1 is 1.27 bits per heavy atom. The Bertz CT molecular complexity index is 654. The highest BCUT2D eigenvalue weighted by molar-refractivity contribution is 5.96. The largest absolute Gasteiger partial charge is 0.465 e. The molecule has 2 aromatic rings. The molecule has 0 amide bonds. The molecule has 6 heteroatoms. The second-order valence-corrected chi connectivity index (χ2v) is 5.60. The molecular formula is C16H20N4O2. The zero-order valence-electron chi connectivity index (χ0n) is 12.9. The van der Waals surface area contributed by atoms with Crippen molar-refractivity contribution in [2.75, 3.05) is 18.6 Å². The van der Waals surface area contributed by atoms with Crippen LogP contribution in [0.3, 0.4) is 0 Å². The van der Waals surface area contributed by atoms with Gasteiger partial charge in [0.1, 0.15) is 12.7 Å². The molecule has 1 aliphatic rings. The molecule has 1 atom stereocenters. The van der Waals surface area contributed by atoms with E-state index in [9.17, 15) is 4.79 Å². The van der Waals surface area contributed by atoms with Crippen LogP contribution < -0.4 is 4.90 Å². The number of benzene rings is 1. The van der Waals surface area contributed by atoms with Crippen molar-refractivity contribution < 1.29 is 9.53 Å². The van der Waals surface area contributed by atoms with Crippen LogP contribution in [0, 0.1) is 0 Å². The summed E-state index contributed by atoms with van der Waals surface area (Å²) in [4.78, 5) is 14.5. The van der Waals surface area contributed by atoms with Crippen molar-refractivity contribution in [3.8, 4) is 5.69 Å². The first-order chi connectivity index (χ1) is 10.7. The number of hydrogen-bond acceptors (Lipinski definition) is 5. The lowest BCUT2D eigenvalue weighted by atomic mass is 10.0.